The van der Waals surface area contributed by atoms with Crippen LogP contribution in [0, 0.1) is 5.92 Å². The van der Waals surface area contributed by atoms with E-state index in [2.05, 4.69) is 36.2 Å². The summed E-state index contributed by atoms with van der Waals surface area (Å²) < 4.78 is 8.88. The van der Waals surface area contributed by atoms with Crippen LogP contribution in [0.4, 0.5) is 0 Å². The van der Waals surface area contributed by atoms with E-state index in [9.17, 15) is 0 Å². The van der Waals surface area contributed by atoms with Crippen LogP contribution in [0.15, 0.2) is 24.3 Å². The fraction of sp³-hybridized carbons (Fsp3) is 0.647. The maximum Gasteiger partial charge on any atom is 0.466 e. The molecule has 0 spiro atoms. The molecule has 6 heteroatoms. The molecule has 23 heavy (non-hydrogen) atoms. The molecule has 128 valence electrons. The number of hydrogen-bond acceptors (Lipinski definition) is 2. The summed E-state index contributed by atoms with van der Waals surface area (Å²) in [4.78, 5) is 24.2. The van der Waals surface area contributed by atoms with Gasteiger partial charge in [-0.3, -0.25) is 0 Å². The first-order chi connectivity index (χ1) is 10.8. The number of nitrogens with zero attached hydrogens (tertiary/aromatic N) is 1. The molecule has 1 saturated heterocycles. The molecule has 3 N–H and O–H groups in total. The fourth-order valence-corrected chi connectivity index (χ4v) is 5.16. The van der Waals surface area contributed by atoms with Crippen LogP contribution in [0.25, 0.3) is 0 Å². The Kier molecular flexibility index (Phi) is 4.69. The summed E-state index contributed by atoms with van der Waals surface area (Å²) in [6.07, 6.45) is 8.49. The first-order valence-electron chi connectivity index (χ1n) is 8.38. The summed E-state index contributed by atoms with van der Waals surface area (Å²) in [6.45, 7) is 1.30. The number of fused-ring (bicyclic) bond motifs is 1. The molecule has 0 radical (unpaired) electrons. The summed E-state index contributed by atoms with van der Waals surface area (Å²) in [6, 6.07) is 10.1. The average molecular weight is 339 g/mol. The van der Waals surface area contributed by atoms with Crippen molar-refractivity contribution >= 4 is 7.82 Å². The highest BCUT2D eigenvalue weighted by Crippen LogP contribution is 2.55. The molecule has 4 rings (SSSR count). The van der Waals surface area contributed by atoms with Crippen molar-refractivity contribution in [3.63, 3.8) is 0 Å². The molecule has 3 unspecified atom stereocenters. The second-order valence-corrected chi connectivity index (χ2v) is 8.21. The van der Waals surface area contributed by atoms with Crippen LogP contribution in [0.5, 0.6) is 0 Å². The fourth-order valence-electron chi connectivity index (χ4n) is 5.16. The van der Waals surface area contributed by atoms with Gasteiger partial charge in [-0.2, -0.15) is 0 Å². The minimum Gasteiger partial charge on any atom is -0.303 e. The molecule has 0 aromatic heterocycles. The summed E-state index contributed by atoms with van der Waals surface area (Å²) in [5, 5.41) is 0. The zero-order valence-corrected chi connectivity index (χ0v) is 14.5. The molecule has 3 atom stereocenters. The van der Waals surface area contributed by atoms with Crippen LogP contribution >= 0.6 is 7.82 Å². The van der Waals surface area contributed by atoms with Crippen molar-refractivity contribution in [2.24, 2.45) is 5.92 Å². The highest BCUT2D eigenvalue weighted by atomic mass is 31.2. The zero-order chi connectivity index (χ0) is 16.7. The lowest BCUT2D eigenvalue weighted by molar-refractivity contribution is 0.00286. The quantitative estimate of drug-likeness (QED) is 0.633. The van der Waals surface area contributed by atoms with Gasteiger partial charge in [0.15, 0.2) is 0 Å². The number of likely N-dealkylation sites (N-methyl/N-ethyl adjacent to an activating group) is 1. The Hall–Kier alpha value is -0.710. The maximum absolute atomic E-state index is 8.88. The smallest absolute Gasteiger partial charge is 0.303 e. The Labute approximate surface area is 137 Å². The second-order valence-electron chi connectivity index (χ2n) is 7.18. The monoisotopic (exact) mass is 339 g/mol. The number of likely N-dealkylation sites (tertiary alicyclic amines) is 1. The molecular formula is C17H26NO4P. The Bertz CT molecular complexity index is 608. The van der Waals surface area contributed by atoms with Gasteiger partial charge in [-0.15, -0.1) is 0 Å². The third-order valence-corrected chi connectivity index (χ3v) is 6.02. The highest BCUT2D eigenvalue weighted by Gasteiger charge is 2.52. The van der Waals surface area contributed by atoms with Gasteiger partial charge in [-0.25, -0.2) is 4.57 Å². The summed E-state index contributed by atoms with van der Waals surface area (Å²) >= 11 is 0. The minimum absolute atomic E-state index is 0.546. The molecule has 2 aliphatic carbocycles. The van der Waals surface area contributed by atoms with Gasteiger partial charge in [-0.1, -0.05) is 37.1 Å². The van der Waals surface area contributed by atoms with Gasteiger partial charge in [0, 0.05) is 11.5 Å². The van der Waals surface area contributed by atoms with E-state index in [-0.39, 0.29) is 0 Å². The van der Waals surface area contributed by atoms with Gasteiger partial charge < -0.3 is 19.6 Å². The number of rotatable bonds is 0. The number of benzene rings is 1. The van der Waals surface area contributed by atoms with Gasteiger partial charge in [0.2, 0.25) is 0 Å². The van der Waals surface area contributed by atoms with Crippen molar-refractivity contribution < 1.29 is 19.2 Å². The van der Waals surface area contributed by atoms with Crippen molar-refractivity contribution in [2.45, 2.75) is 50.0 Å². The van der Waals surface area contributed by atoms with Crippen molar-refractivity contribution in [3.8, 4) is 0 Å². The van der Waals surface area contributed by atoms with Crippen LogP contribution in [-0.2, 0) is 16.4 Å². The number of hydrogen-bond donors (Lipinski definition) is 3. The van der Waals surface area contributed by atoms with E-state index >= 15 is 0 Å². The largest absolute Gasteiger partial charge is 0.466 e. The minimum atomic E-state index is -4.64. The van der Waals surface area contributed by atoms with Crippen molar-refractivity contribution in [1.29, 1.82) is 0 Å². The van der Waals surface area contributed by atoms with Crippen LogP contribution in [-0.4, -0.2) is 39.2 Å². The van der Waals surface area contributed by atoms with E-state index in [1.807, 2.05) is 0 Å². The summed E-state index contributed by atoms with van der Waals surface area (Å²) in [5.74, 6) is 0.930. The van der Waals surface area contributed by atoms with Crippen molar-refractivity contribution in [2.75, 3.05) is 13.6 Å². The van der Waals surface area contributed by atoms with E-state index in [0.717, 1.165) is 12.0 Å². The zero-order valence-electron chi connectivity index (χ0n) is 13.6. The second kappa shape index (κ2) is 6.30. The van der Waals surface area contributed by atoms with E-state index in [1.54, 1.807) is 11.1 Å². The summed E-state index contributed by atoms with van der Waals surface area (Å²) in [7, 11) is -2.29. The maximum atomic E-state index is 8.88. The molecule has 1 aromatic rings. The normalized spacial score (nSPS) is 33.0. The van der Waals surface area contributed by atoms with Crippen molar-refractivity contribution in [1.82, 2.24) is 4.90 Å². The van der Waals surface area contributed by atoms with Gasteiger partial charge in [0.1, 0.15) is 0 Å². The topological polar surface area (TPSA) is 81.0 Å². The van der Waals surface area contributed by atoms with Gasteiger partial charge in [0.25, 0.3) is 0 Å². The van der Waals surface area contributed by atoms with Gasteiger partial charge in [-0.05, 0) is 56.3 Å². The highest BCUT2D eigenvalue weighted by molar-refractivity contribution is 7.45. The standard InChI is InChI=1S/C17H23N.H3O4P/c1-18-11-10-17-9-5-4-8-15(17)16(18)12-13-6-2-3-7-14(13)17;1-5(2,3)4/h2-3,6-7,15-16H,4-5,8-12H2,1H3;(H3,1,2,3,4). The third kappa shape index (κ3) is 3.40. The first-order valence-corrected chi connectivity index (χ1v) is 9.95. The van der Waals surface area contributed by atoms with Crippen LogP contribution in [0.1, 0.15) is 43.2 Å². The average Bonchev–Trinajstić information content (AvgIpc) is 2.49. The predicted octanol–water partition coefficient (Wildman–Crippen LogP) is 2.45. The molecular weight excluding hydrogens is 313 g/mol. The van der Waals surface area contributed by atoms with Crippen molar-refractivity contribution in [3.05, 3.63) is 35.4 Å². The molecule has 1 heterocycles. The van der Waals surface area contributed by atoms with E-state index in [4.69, 9.17) is 19.2 Å². The molecule has 1 aromatic carbocycles. The molecule has 2 bridgehead atoms. The molecule has 1 saturated carbocycles. The molecule has 5 nitrogen and oxygen atoms in total. The summed E-state index contributed by atoms with van der Waals surface area (Å²) in [5.41, 5.74) is 3.91. The Morgan fingerprint density at radius 1 is 1.17 bits per heavy atom. The van der Waals surface area contributed by atoms with E-state index in [1.165, 1.54) is 45.1 Å². The first kappa shape index (κ1) is 17.1. The lowest BCUT2D eigenvalue weighted by Gasteiger charge is -2.58. The predicted molar refractivity (Wildman–Crippen MR) is 89.1 cm³/mol. The van der Waals surface area contributed by atoms with Gasteiger partial charge in [0.05, 0.1) is 0 Å². The Morgan fingerprint density at radius 3 is 2.61 bits per heavy atom. The van der Waals surface area contributed by atoms with Crippen LogP contribution in [0.2, 0.25) is 0 Å². The molecule has 1 aliphatic heterocycles. The number of piperidine rings is 1. The SMILES string of the molecule is CN1CCC23CCCCC2C1Cc1ccccc13.O=P(O)(O)O. The molecule has 2 fully saturated rings. The van der Waals surface area contributed by atoms with E-state index in [0.29, 0.717) is 5.41 Å². The lowest BCUT2D eigenvalue weighted by atomic mass is 9.52. The molecule has 0 amide bonds. The van der Waals surface area contributed by atoms with Crippen LogP contribution < -0.4 is 0 Å². The Balaban J connectivity index is 0.000000276. The van der Waals surface area contributed by atoms with Gasteiger partial charge >= 0.3 is 7.82 Å². The Morgan fingerprint density at radius 2 is 1.87 bits per heavy atom. The third-order valence-electron chi connectivity index (χ3n) is 6.02. The molecule has 3 aliphatic rings. The lowest BCUT2D eigenvalue weighted by Crippen LogP contribution is -2.59. The van der Waals surface area contributed by atoms with Crippen LogP contribution in [0.3, 0.4) is 0 Å². The van der Waals surface area contributed by atoms with E-state index < -0.39 is 7.82 Å². The number of phosphoric acid groups is 1.